The zero-order valence-corrected chi connectivity index (χ0v) is 48.8. The average Bonchev–Trinajstić information content (AvgIpc) is 3.67. The molecule has 76 heavy (non-hydrogen) atoms. The molecule has 2 aliphatic heterocycles. The number of nitrogens with one attached hydrogen (secondary N) is 1. The number of carboxylic acid groups (broad SMARTS) is 1. The Kier molecular flexibility index (Phi) is 18.4. The summed E-state index contributed by atoms with van der Waals surface area (Å²) >= 11 is 0. The van der Waals surface area contributed by atoms with Crippen LogP contribution in [0.4, 0.5) is 13.2 Å². The Bertz CT molecular complexity index is 3180. The molecule has 0 radical (unpaired) electrons. The van der Waals surface area contributed by atoms with Crippen molar-refractivity contribution in [3.63, 3.8) is 0 Å². The Balaban J connectivity index is 0.00000937. The van der Waals surface area contributed by atoms with Crippen molar-refractivity contribution >= 4 is 78.3 Å². The quantitative estimate of drug-likeness (QED) is 0.0519. The van der Waals surface area contributed by atoms with Gasteiger partial charge in [-0.3, -0.25) is 14.6 Å². The van der Waals surface area contributed by atoms with Crippen molar-refractivity contribution in [2.75, 3.05) is 25.9 Å². The first-order valence-electron chi connectivity index (χ1n) is 24.7. The standard InChI is InChI=1S/C54H66B2F3N3O11S2.Na/c1-35(2)49(65)60-26-16-27-61(31-37-30-39(75(68,69)54(57,58)59)22-24-47(37)56-72-52(7,8)53(9,10)73-56)33-44-40-17-12-14-19-42(40)45(43-20-15-13-18-41(43)44)34-62(28-25-48(63)64)32-36-29-38(74(11,66)67)21-23-46(36)55-70-50(3,4)51(5,6)71-55;/h12-15,17-24,29-30H,1,16,25-28,31-34H2,2-11H3,(H,60,65)(H,63,64);/q;+1/p-1. The van der Waals surface area contributed by atoms with E-state index >= 15 is 0 Å². The second-order valence-electron chi connectivity index (χ2n) is 21.6. The molecule has 14 nitrogen and oxygen atoms in total. The summed E-state index contributed by atoms with van der Waals surface area (Å²) in [6.07, 6.45) is 1.15. The van der Waals surface area contributed by atoms with Gasteiger partial charge in [-0.05, 0) is 154 Å². The molecule has 1 N–H and O–H groups in total. The van der Waals surface area contributed by atoms with Gasteiger partial charge in [0.1, 0.15) is 0 Å². The number of halogens is 3. The number of aliphatic carboxylic acids is 1. The minimum atomic E-state index is -5.78. The van der Waals surface area contributed by atoms with E-state index in [-0.39, 0.29) is 98.2 Å². The summed E-state index contributed by atoms with van der Waals surface area (Å²) < 4.78 is 120. The first-order valence-corrected chi connectivity index (χ1v) is 28.1. The van der Waals surface area contributed by atoms with Gasteiger partial charge in [-0.1, -0.05) is 67.2 Å². The number of carboxylic acids is 1. The topological polar surface area (TPSA) is 181 Å². The summed E-state index contributed by atoms with van der Waals surface area (Å²) in [5.41, 5.74) is -5.01. The van der Waals surface area contributed by atoms with E-state index in [1.165, 1.54) is 12.1 Å². The first-order chi connectivity index (χ1) is 34.7. The number of rotatable bonds is 20. The maximum atomic E-state index is 14.2. The zero-order valence-electron chi connectivity index (χ0n) is 45.1. The minimum Gasteiger partial charge on any atom is -0.550 e. The van der Waals surface area contributed by atoms with Gasteiger partial charge in [0.15, 0.2) is 9.84 Å². The van der Waals surface area contributed by atoms with Crippen LogP contribution in [0.2, 0.25) is 0 Å². The van der Waals surface area contributed by atoms with Gasteiger partial charge >= 0.3 is 49.3 Å². The maximum Gasteiger partial charge on any atom is 1.00 e. The van der Waals surface area contributed by atoms with Crippen molar-refractivity contribution in [1.29, 1.82) is 0 Å². The molecule has 0 aromatic heterocycles. The monoisotopic (exact) mass is 1100 g/mol. The number of nitrogens with zero attached hydrogens (tertiary/aromatic N) is 2. The van der Waals surface area contributed by atoms with E-state index in [4.69, 9.17) is 18.6 Å². The third-order valence-electron chi connectivity index (χ3n) is 14.9. The predicted octanol–water partition coefficient (Wildman–Crippen LogP) is 3.52. The summed E-state index contributed by atoms with van der Waals surface area (Å²) in [6.45, 7) is 21.2. The Morgan fingerprint density at radius 1 is 0.645 bits per heavy atom. The van der Waals surface area contributed by atoms with E-state index in [1.54, 1.807) is 19.1 Å². The van der Waals surface area contributed by atoms with E-state index in [0.29, 0.717) is 28.5 Å². The van der Waals surface area contributed by atoms with Crippen LogP contribution >= 0.6 is 0 Å². The molecule has 2 saturated heterocycles. The zero-order chi connectivity index (χ0) is 55.3. The number of hydrogen-bond acceptors (Lipinski definition) is 13. The second kappa shape index (κ2) is 22.9. The van der Waals surface area contributed by atoms with E-state index in [1.807, 2.05) is 114 Å². The Morgan fingerprint density at radius 3 is 1.39 bits per heavy atom. The number of sulfone groups is 2. The number of carbonyl (C=O) groups excluding carboxylic acids is 2. The SMILES string of the molecule is C=C(C)C(=O)NCCCN(Cc1cc(S(=O)(=O)C(F)(F)F)ccc1B1OC(C)(C)C(C)(C)O1)Cc1c2ccccc2c(CN(CCC(=O)[O-])Cc2cc(S(C)(=O)=O)ccc2B2OC(C)(C)C(C)(C)O2)c2ccccc12.[Na+]. The molecule has 0 atom stereocenters. The molecule has 1 amide bonds. The van der Waals surface area contributed by atoms with Crippen LogP contribution in [0.1, 0.15) is 97.4 Å². The average molecular weight is 1100 g/mol. The number of alkyl halides is 3. The first kappa shape index (κ1) is 61.1. The Labute approximate surface area is 467 Å². The van der Waals surface area contributed by atoms with Gasteiger partial charge in [0.25, 0.3) is 9.84 Å². The molecule has 7 rings (SSSR count). The van der Waals surface area contributed by atoms with Crippen LogP contribution in [-0.4, -0.2) is 107 Å². The van der Waals surface area contributed by atoms with Crippen molar-refractivity contribution in [1.82, 2.24) is 15.1 Å². The summed E-state index contributed by atoms with van der Waals surface area (Å²) in [7, 11) is -11.4. The van der Waals surface area contributed by atoms with E-state index in [0.717, 1.165) is 51.1 Å². The molecule has 5 aromatic rings. The molecule has 2 fully saturated rings. The van der Waals surface area contributed by atoms with Crippen LogP contribution in [0.5, 0.6) is 0 Å². The van der Waals surface area contributed by atoms with Crippen molar-refractivity contribution in [2.24, 2.45) is 0 Å². The number of amides is 1. The summed E-state index contributed by atoms with van der Waals surface area (Å²) in [6, 6.07) is 23.4. The molecular formula is C54H65B2F3N3NaO11S2. The number of carbonyl (C=O) groups is 2. The third kappa shape index (κ3) is 13.1. The third-order valence-corrected chi connectivity index (χ3v) is 17.5. The van der Waals surface area contributed by atoms with Crippen LogP contribution in [0.15, 0.2) is 107 Å². The molecule has 0 aliphatic carbocycles. The van der Waals surface area contributed by atoms with Crippen molar-refractivity contribution in [3.05, 3.63) is 119 Å². The molecule has 2 aliphatic rings. The molecule has 402 valence electrons. The number of benzene rings is 5. The molecule has 22 heteroatoms. The van der Waals surface area contributed by atoms with Crippen molar-refractivity contribution in [2.45, 2.75) is 139 Å². The van der Waals surface area contributed by atoms with Gasteiger partial charge < -0.3 is 33.8 Å². The van der Waals surface area contributed by atoms with Gasteiger partial charge in [-0.15, -0.1) is 0 Å². The molecule has 0 bridgehead atoms. The minimum absolute atomic E-state index is 0. The largest absolute Gasteiger partial charge is 1.00 e. The molecule has 0 saturated carbocycles. The molecular weight excluding hydrogens is 1030 g/mol. The van der Waals surface area contributed by atoms with Crippen molar-refractivity contribution < 1.29 is 92.9 Å². The van der Waals surface area contributed by atoms with Crippen LogP contribution in [0.25, 0.3) is 21.5 Å². The summed E-state index contributed by atoms with van der Waals surface area (Å²) in [5, 5.41) is 18.2. The Hall–Kier alpha value is -4.12. The molecule has 0 unspecified atom stereocenters. The molecule has 2 heterocycles. The van der Waals surface area contributed by atoms with Crippen molar-refractivity contribution in [3.8, 4) is 0 Å². The van der Waals surface area contributed by atoms with Crippen LogP contribution < -0.4 is 50.9 Å². The fourth-order valence-corrected chi connectivity index (χ4v) is 10.8. The van der Waals surface area contributed by atoms with Crippen LogP contribution in [-0.2, 0) is 74.1 Å². The van der Waals surface area contributed by atoms with E-state index in [9.17, 15) is 44.7 Å². The smallest absolute Gasteiger partial charge is 0.550 e. The van der Waals surface area contributed by atoms with Gasteiger partial charge in [0.2, 0.25) is 5.91 Å². The van der Waals surface area contributed by atoms with Gasteiger partial charge in [-0.25, -0.2) is 16.8 Å². The summed E-state index contributed by atoms with van der Waals surface area (Å²) in [5.74, 6) is -1.62. The van der Waals surface area contributed by atoms with Crippen LogP contribution in [0.3, 0.4) is 0 Å². The fraction of sp³-hybridized carbons (Fsp3) is 0.444. The molecule has 0 spiro atoms. The number of hydrogen-bond donors (Lipinski definition) is 1. The Morgan fingerprint density at radius 2 is 1.03 bits per heavy atom. The number of fused-ring (bicyclic) bond motifs is 2. The second-order valence-corrected chi connectivity index (χ2v) is 25.6. The fourth-order valence-electron chi connectivity index (χ4n) is 9.28. The molecule has 5 aromatic carbocycles. The van der Waals surface area contributed by atoms with E-state index in [2.05, 4.69) is 11.9 Å². The normalized spacial score (nSPS) is 17.1. The summed E-state index contributed by atoms with van der Waals surface area (Å²) in [4.78, 5) is 27.8. The van der Waals surface area contributed by atoms with Gasteiger partial charge in [0, 0.05) is 63.6 Å². The van der Waals surface area contributed by atoms with Gasteiger partial charge in [-0.2, -0.15) is 13.2 Å². The van der Waals surface area contributed by atoms with E-state index < -0.39 is 72.7 Å². The van der Waals surface area contributed by atoms with Crippen LogP contribution in [0, 0.1) is 0 Å². The maximum absolute atomic E-state index is 14.2. The predicted molar refractivity (Wildman–Crippen MR) is 282 cm³/mol. The van der Waals surface area contributed by atoms with Gasteiger partial charge in [0.05, 0.1) is 32.2 Å².